The number of piperidine rings is 1. The van der Waals surface area contributed by atoms with E-state index in [1.54, 1.807) is 0 Å². The molecule has 1 aromatic carbocycles. The number of carbonyl (C=O) groups is 1. The molecule has 0 spiro atoms. The zero-order valence-corrected chi connectivity index (χ0v) is 11.3. The third-order valence-corrected chi connectivity index (χ3v) is 3.43. The Bertz CT molecular complexity index is 479. The second kappa shape index (κ2) is 6.43. The van der Waals surface area contributed by atoms with Crippen LogP contribution >= 0.6 is 0 Å². The maximum absolute atomic E-state index is 12.8. The number of hydrogen-bond acceptors (Lipinski definition) is 2. The van der Waals surface area contributed by atoms with Crippen LogP contribution in [0.15, 0.2) is 24.3 Å². The van der Waals surface area contributed by atoms with Crippen molar-refractivity contribution in [3.63, 3.8) is 0 Å². The zero-order chi connectivity index (χ0) is 15.5. The van der Waals surface area contributed by atoms with Gasteiger partial charge in [-0.25, -0.2) is 4.39 Å². The molecular formula is C14H16F4N2O. The van der Waals surface area contributed by atoms with Gasteiger partial charge in [0.2, 0.25) is 0 Å². The molecule has 0 aliphatic carbocycles. The molecule has 0 radical (unpaired) electrons. The lowest BCUT2D eigenvalue weighted by Gasteiger charge is -2.32. The Labute approximate surface area is 119 Å². The van der Waals surface area contributed by atoms with Crippen molar-refractivity contribution in [2.45, 2.75) is 25.1 Å². The van der Waals surface area contributed by atoms with E-state index in [0.29, 0.717) is 31.5 Å². The molecule has 0 aromatic heterocycles. The normalized spacial score (nSPS) is 17.7. The largest absolute Gasteiger partial charge is 0.401 e. The van der Waals surface area contributed by atoms with E-state index in [0.717, 1.165) is 0 Å². The van der Waals surface area contributed by atoms with Crippen LogP contribution in [0.5, 0.6) is 0 Å². The maximum atomic E-state index is 12.8. The number of likely N-dealkylation sites (tertiary alicyclic amines) is 1. The summed E-state index contributed by atoms with van der Waals surface area (Å²) in [6.45, 7) is -0.312. The van der Waals surface area contributed by atoms with Crippen LogP contribution in [-0.4, -0.2) is 42.7 Å². The lowest BCUT2D eigenvalue weighted by Crippen LogP contribution is -2.47. The van der Waals surface area contributed by atoms with Gasteiger partial charge < -0.3 is 5.32 Å². The molecule has 1 aromatic rings. The van der Waals surface area contributed by atoms with Gasteiger partial charge in [-0.1, -0.05) is 0 Å². The predicted molar refractivity (Wildman–Crippen MR) is 69.4 cm³/mol. The highest BCUT2D eigenvalue weighted by molar-refractivity contribution is 5.94. The Morgan fingerprint density at radius 3 is 2.29 bits per heavy atom. The first kappa shape index (κ1) is 15.8. The highest BCUT2D eigenvalue weighted by Crippen LogP contribution is 2.20. The average molecular weight is 304 g/mol. The van der Waals surface area contributed by atoms with Gasteiger partial charge >= 0.3 is 6.18 Å². The molecule has 2 rings (SSSR count). The number of alkyl halides is 3. The monoisotopic (exact) mass is 304 g/mol. The van der Waals surface area contributed by atoms with Crippen molar-refractivity contribution in [3.8, 4) is 0 Å². The third kappa shape index (κ3) is 5.00. The van der Waals surface area contributed by atoms with Crippen LogP contribution in [0.4, 0.5) is 17.6 Å². The summed E-state index contributed by atoms with van der Waals surface area (Å²) >= 11 is 0. The van der Waals surface area contributed by atoms with Gasteiger partial charge in [0, 0.05) is 24.7 Å². The molecule has 1 heterocycles. The Hall–Kier alpha value is -1.63. The van der Waals surface area contributed by atoms with Crippen LogP contribution in [-0.2, 0) is 0 Å². The number of nitrogens with zero attached hydrogens (tertiary/aromatic N) is 1. The smallest absolute Gasteiger partial charge is 0.349 e. The molecule has 1 saturated heterocycles. The summed E-state index contributed by atoms with van der Waals surface area (Å²) in [6, 6.07) is 5.00. The topological polar surface area (TPSA) is 32.3 Å². The minimum Gasteiger partial charge on any atom is -0.349 e. The number of hydrogen-bond donors (Lipinski definition) is 1. The molecule has 1 N–H and O–H groups in total. The summed E-state index contributed by atoms with van der Waals surface area (Å²) in [7, 11) is 0. The van der Waals surface area contributed by atoms with Gasteiger partial charge in [0.15, 0.2) is 0 Å². The molecule has 1 aliphatic heterocycles. The minimum absolute atomic E-state index is 0.146. The van der Waals surface area contributed by atoms with Crippen LogP contribution in [0.3, 0.4) is 0 Å². The predicted octanol–water partition coefficient (Wildman–Crippen LogP) is 2.58. The Morgan fingerprint density at radius 2 is 1.76 bits per heavy atom. The fraction of sp³-hybridized carbons (Fsp3) is 0.500. The summed E-state index contributed by atoms with van der Waals surface area (Å²) in [5.74, 6) is -0.753. The molecule has 0 saturated carbocycles. The Morgan fingerprint density at radius 1 is 1.19 bits per heavy atom. The van der Waals surface area contributed by atoms with Gasteiger partial charge in [0.05, 0.1) is 6.54 Å². The number of benzene rings is 1. The first-order valence-electron chi connectivity index (χ1n) is 6.69. The van der Waals surface area contributed by atoms with E-state index in [1.165, 1.54) is 29.2 Å². The molecule has 1 fully saturated rings. The van der Waals surface area contributed by atoms with Crippen molar-refractivity contribution in [3.05, 3.63) is 35.6 Å². The molecule has 3 nitrogen and oxygen atoms in total. The second-order valence-corrected chi connectivity index (χ2v) is 5.15. The number of carbonyl (C=O) groups excluding carboxylic acids is 1. The van der Waals surface area contributed by atoms with E-state index < -0.39 is 18.5 Å². The van der Waals surface area contributed by atoms with Gasteiger partial charge in [0.1, 0.15) is 5.82 Å². The summed E-state index contributed by atoms with van der Waals surface area (Å²) in [6.07, 6.45) is -3.24. The van der Waals surface area contributed by atoms with Crippen molar-refractivity contribution in [1.82, 2.24) is 10.2 Å². The summed E-state index contributed by atoms with van der Waals surface area (Å²) in [4.78, 5) is 13.2. The molecule has 116 valence electrons. The van der Waals surface area contributed by atoms with Crippen molar-refractivity contribution < 1.29 is 22.4 Å². The van der Waals surface area contributed by atoms with E-state index in [-0.39, 0.29) is 11.9 Å². The Balaban J connectivity index is 1.80. The Kier molecular flexibility index (Phi) is 4.82. The van der Waals surface area contributed by atoms with Gasteiger partial charge in [-0.2, -0.15) is 13.2 Å². The van der Waals surface area contributed by atoms with E-state index in [2.05, 4.69) is 5.32 Å². The van der Waals surface area contributed by atoms with Crippen LogP contribution in [0, 0.1) is 5.82 Å². The maximum Gasteiger partial charge on any atom is 0.401 e. The fourth-order valence-electron chi connectivity index (χ4n) is 2.36. The summed E-state index contributed by atoms with van der Waals surface area (Å²) < 4.78 is 49.5. The van der Waals surface area contributed by atoms with Gasteiger partial charge in [-0.3, -0.25) is 9.69 Å². The number of halogens is 4. The number of nitrogens with one attached hydrogen (secondary N) is 1. The van der Waals surface area contributed by atoms with Crippen LogP contribution in [0.2, 0.25) is 0 Å². The van der Waals surface area contributed by atoms with Gasteiger partial charge in [-0.15, -0.1) is 0 Å². The van der Waals surface area contributed by atoms with Crippen molar-refractivity contribution >= 4 is 5.91 Å². The molecular weight excluding hydrogens is 288 g/mol. The quantitative estimate of drug-likeness (QED) is 0.871. The van der Waals surface area contributed by atoms with E-state index in [9.17, 15) is 22.4 Å². The van der Waals surface area contributed by atoms with Crippen molar-refractivity contribution in [1.29, 1.82) is 0 Å². The molecule has 0 unspecified atom stereocenters. The standard InChI is InChI=1S/C14H16F4N2O/c15-11-3-1-10(2-4-11)13(21)19-12-5-7-20(8-6-12)9-14(16,17)18/h1-4,12H,5-9H2,(H,19,21). The number of rotatable bonds is 3. The summed E-state index contributed by atoms with van der Waals surface area (Å²) in [5, 5.41) is 2.77. The number of amides is 1. The lowest BCUT2D eigenvalue weighted by molar-refractivity contribution is -0.148. The zero-order valence-electron chi connectivity index (χ0n) is 11.3. The molecule has 1 amide bonds. The van der Waals surface area contributed by atoms with E-state index in [1.807, 2.05) is 0 Å². The molecule has 0 bridgehead atoms. The second-order valence-electron chi connectivity index (χ2n) is 5.15. The van der Waals surface area contributed by atoms with Gasteiger partial charge in [-0.05, 0) is 37.1 Å². The van der Waals surface area contributed by atoms with Crippen LogP contribution < -0.4 is 5.32 Å². The average Bonchev–Trinajstić information content (AvgIpc) is 2.40. The first-order chi connectivity index (χ1) is 9.83. The highest BCUT2D eigenvalue weighted by Gasteiger charge is 2.32. The molecule has 21 heavy (non-hydrogen) atoms. The van der Waals surface area contributed by atoms with E-state index in [4.69, 9.17) is 0 Å². The van der Waals surface area contributed by atoms with Crippen molar-refractivity contribution in [2.24, 2.45) is 0 Å². The van der Waals surface area contributed by atoms with Crippen LogP contribution in [0.1, 0.15) is 23.2 Å². The molecule has 0 atom stereocenters. The highest BCUT2D eigenvalue weighted by atomic mass is 19.4. The minimum atomic E-state index is -4.19. The van der Waals surface area contributed by atoms with Gasteiger partial charge in [0.25, 0.3) is 5.91 Å². The van der Waals surface area contributed by atoms with Crippen molar-refractivity contribution in [2.75, 3.05) is 19.6 Å². The van der Waals surface area contributed by atoms with Crippen LogP contribution in [0.25, 0.3) is 0 Å². The lowest BCUT2D eigenvalue weighted by atomic mass is 10.0. The molecule has 7 heteroatoms. The molecule has 1 aliphatic rings. The SMILES string of the molecule is O=C(NC1CCN(CC(F)(F)F)CC1)c1ccc(F)cc1. The summed E-state index contributed by atoms with van der Waals surface area (Å²) in [5.41, 5.74) is 0.342. The third-order valence-electron chi connectivity index (χ3n) is 3.43. The fourth-order valence-corrected chi connectivity index (χ4v) is 2.36. The van der Waals surface area contributed by atoms with E-state index >= 15 is 0 Å². The first-order valence-corrected chi connectivity index (χ1v) is 6.69.